The quantitative estimate of drug-likeness (QED) is 0.642. The molecule has 0 saturated heterocycles. The number of rotatable bonds is 8. The molecule has 0 saturated carbocycles. The van der Waals surface area contributed by atoms with Crippen molar-refractivity contribution < 1.29 is 19.1 Å². The topological polar surface area (TPSA) is 77.5 Å². The Morgan fingerprint density at radius 2 is 1.89 bits per heavy atom. The first-order valence-electron chi connectivity index (χ1n) is 8.36. The van der Waals surface area contributed by atoms with Crippen molar-refractivity contribution in [1.29, 1.82) is 0 Å². The van der Waals surface area contributed by atoms with E-state index in [1.54, 1.807) is 24.3 Å². The van der Waals surface area contributed by atoms with Gasteiger partial charge in [-0.3, -0.25) is 4.79 Å². The maximum atomic E-state index is 12.0. The lowest BCUT2D eigenvalue weighted by Gasteiger charge is -2.09. The molecule has 6 nitrogen and oxygen atoms in total. The summed E-state index contributed by atoms with van der Waals surface area (Å²) in [5, 5.41) is 2.99. The number of halogens is 2. The van der Waals surface area contributed by atoms with Crippen LogP contribution in [0.25, 0.3) is 0 Å². The lowest BCUT2D eigenvalue weighted by Crippen LogP contribution is -2.21. The zero-order valence-corrected chi connectivity index (χ0v) is 16.5. The Labute approximate surface area is 167 Å². The van der Waals surface area contributed by atoms with Gasteiger partial charge in [-0.15, -0.1) is 0 Å². The first-order valence-corrected chi connectivity index (χ1v) is 9.11. The van der Waals surface area contributed by atoms with Crippen molar-refractivity contribution in [3.8, 4) is 5.75 Å². The van der Waals surface area contributed by atoms with Crippen LogP contribution in [0.2, 0.25) is 10.0 Å². The highest BCUT2D eigenvalue weighted by Crippen LogP contribution is 2.22. The van der Waals surface area contributed by atoms with Gasteiger partial charge in [-0.2, -0.15) is 0 Å². The van der Waals surface area contributed by atoms with Crippen LogP contribution in [0, 0.1) is 5.92 Å². The fraction of sp³-hybridized carbons (Fsp3) is 0.316. The summed E-state index contributed by atoms with van der Waals surface area (Å²) < 4.78 is 10.6. The van der Waals surface area contributed by atoms with Crippen LogP contribution in [0.4, 0.5) is 5.82 Å². The van der Waals surface area contributed by atoms with Gasteiger partial charge in [0.1, 0.15) is 5.75 Å². The van der Waals surface area contributed by atoms with Crippen LogP contribution in [0.3, 0.4) is 0 Å². The molecule has 1 heterocycles. The van der Waals surface area contributed by atoms with E-state index in [9.17, 15) is 9.59 Å². The molecule has 1 amide bonds. The standard InChI is InChI=1S/C19H20Cl2N2O4/c1-12(2)7-8-26-15-5-3-13(4-6-15)19(25)27-11-17(24)23-18-16(21)9-14(20)10-22-18/h3-6,9-10,12H,7-8,11H2,1-2H3,(H,22,23,24). The fourth-order valence-corrected chi connectivity index (χ4v) is 2.42. The van der Waals surface area contributed by atoms with E-state index < -0.39 is 18.5 Å². The van der Waals surface area contributed by atoms with Gasteiger partial charge in [-0.1, -0.05) is 37.0 Å². The summed E-state index contributed by atoms with van der Waals surface area (Å²) in [4.78, 5) is 27.8. The molecule has 0 radical (unpaired) electrons. The zero-order valence-electron chi connectivity index (χ0n) is 15.0. The molecule has 27 heavy (non-hydrogen) atoms. The molecule has 0 aliphatic heterocycles. The molecule has 0 spiro atoms. The largest absolute Gasteiger partial charge is 0.494 e. The van der Waals surface area contributed by atoms with E-state index in [1.807, 2.05) is 0 Å². The van der Waals surface area contributed by atoms with Crippen LogP contribution in [-0.4, -0.2) is 30.1 Å². The number of aromatic nitrogens is 1. The Kier molecular flexibility index (Phi) is 7.88. The third-order valence-electron chi connectivity index (χ3n) is 3.45. The van der Waals surface area contributed by atoms with Gasteiger partial charge in [0.2, 0.25) is 0 Å². The van der Waals surface area contributed by atoms with Crippen LogP contribution in [0.5, 0.6) is 5.75 Å². The molecule has 0 atom stereocenters. The van der Waals surface area contributed by atoms with Crippen molar-refractivity contribution in [2.75, 3.05) is 18.5 Å². The number of nitrogens with one attached hydrogen (secondary N) is 1. The van der Waals surface area contributed by atoms with E-state index in [0.717, 1.165) is 6.42 Å². The summed E-state index contributed by atoms with van der Waals surface area (Å²) >= 11 is 11.7. The monoisotopic (exact) mass is 410 g/mol. The minimum atomic E-state index is -0.617. The van der Waals surface area contributed by atoms with E-state index in [2.05, 4.69) is 24.1 Å². The fourth-order valence-electron chi connectivity index (χ4n) is 1.99. The summed E-state index contributed by atoms with van der Waals surface area (Å²) in [5.41, 5.74) is 0.321. The number of hydrogen-bond donors (Lipinski definition) is 1. The van der Waals surface area contributed by atoms with E-state index >= 15 is 0 Å². The van der Waals surface area contributed by atoms with Crippen molar-refractivity contribution in [2.45, 2.75) is 20.3 Å². The van der Waals surface area contributed by atoms with Crippen molar-refractivity contribution in [3.05, 3.63) is 52.1 Å². The van der Waals surface area contributed by atoms with Gasteiger partial charge in [0.15, 0.2) is 12.4 Å². The number of carbonyl (C=O) groups is 2. The predicted octanol–water partition coefficient (Wildman–Crippen LogP) is 4.61. The first kappa shape index (κ1) is 21.0. The molecule has 2 rings (SSSR count). The number of ether oxygens (including phenoxy) is 2. The Hall–Kier alpha value is -2.31. The molecule has 0 unspecified atom stereocenters. The average molecular weight is 411 g/mol. The van der Waals surface area contributed by atoms with Crippen molar-refractivity contribution in [2.24, 2.45) is 5.92 Å². The third-order valence-corrected chi connectivity index (χ3v) is 3.95. The van der Waals surface area contributed by atoms with Gasteiger partial charge in [-0.25, -0.2) is 9.78 Å². The smallest absolute Gasteiger partial charge is 0.338 e. The summed E-state index contributed by atoms with van der Waals surface area (Å²) in [6.45, 7) is 4.39. The highest BCUT2D eigenvalue weighted by atomic mass is 35.5. The number of benzene rings is 1. The number of pyridine rings is 1. The van der Waals surface area contributed by atoms with E-state index in [1.165, 1.54) is 12.3 Å². The van der Waals surface area contributed by atoms with Gasteiger partial charge in [0.25, 0.3) is 5.91 Å². The molecule has 0 aliphatic rings. The van der Waals surface area contributed by atoms with Gasteiger partial charge < -0.3 is 14.8 Å². The summed E-state index contributed by atoms with van der Waals surface area (Å²) in [6.07, 6.45) is 2.30. The minimum absolute atomic E-state index is 0.144. The molecule has 1 aromatic heterocycles. The first-order chi connectivity index (χ1) is 12.8. The molecular formula is C19H20Cl2N2O4. The normalized spacial score (nSPS) is 10.6. The Morgan fingerprint density at radius 1 is 1.19 bits per heavy atom. The number of nitrogens with zero attached hydrogens (tertiary/aromatic N) is 1. The van der Waals surface area contributed by atoms with E-state index in [0.29, 0.717) is 28.9 Å². The Bertz CT molecular complexity index is 795. The van der Waals surface area contributed by atoms with Crippen LogP contribution in [0.1, 0.15) is 30.6 Å². The second-order valence-corrected chi connectivity index (χ2v) is 7.01. The van der Waals surface area contributed by atoms with Crippen LogP contribution in [0.15, 0.2) is 36.5 Å². The molecule has 0 fully saturated rings. The molecule has 0 bridgehead atoms. The predicted molar refractivity (Wildman–Crippen MR) is 105 cm³/mol. The summed E-state index contributed by atoms with van der Waals surface area (Å²) in [7, 11) is 0. The minimum Gasteiger partial charge on any atom is -0.494 e. The Balaban J connectivity index is 1.81. The van der Waals surface area contributed by atoms with Gasteiger partial charge in [-0.05, 0) is 42.7 Å². The highest BCUT2D eigenvalue weighted by molar-refractivity contribution is 6.36. The lowest BCUT2D eigenvalue weighted by molar-refractivity contribution is -0.119. The molecule has 1 aromatic carbocycles. The van der Waals surface area contributed by atoms with Crippen LogP contribution >= 0.6 is 23.2 Å². The van der Waals surface area contributed by atoms with Gasteiger partial charge in [0.05, 0.1) is 22.2 Å². The number of amides is 1. The van der Waals surface area contributed by atoms with E-state index in [-0.39, 0.29) is 10.8 Å². The molecule has 1 N–H and O–H groups in total. The number of esters is 1. The number of anilines is 1. The maximum absolute atomic E-state index is 12.0. The number of carbonyl (C=O) groups excluding carboxylic acids is 2. The van der Waals surface area contributed by atoms with Crippen molar-refractivity contribution in [1.82, 2.24) is 4.98 Å². The van der Waals surface area contributed by atoms with Crippen LogP contribution in [-0.2, 0) is 9.53 Å². The molecular weight excluding hydrogens is 391 g/mol. The molecule has 144 valence electrons. The highest BCUT2D eigenvalue weighted by Gasteiger charge is 2.12. The Morgan fingerprint density at radius 3 is 2.52 bits per heavy atom. The average Bonchev–Trinajstić information content (AvgIpc) is 2.62. The molecule has 8 heteroatoms. The summed E-state index contributed by atoms with van der Waals surface area (Å²) in [6, 6.07) is 8.00. The van der Waals surface area contributed by atoms with Gasteiger partial charge >= 0.3 is 5.97 Å². The second-order valence-electron chi connectivity index (χ2n) is 6.16. The van der Waals surface area contributed by atoms with Crippen molar-refractivity contribution >= 4 is 40.9 Å². The second kappa shape index (κ2) is 10.1. The molecule has 2 aromatic rings. The van der Waals surface area contributed by atoms with Crippen molar-refractivity contribution in [3.63, 3.8) is 0 Å². The SMILES string of the molecule is CC(C)CCOc1ccc(C(=O)OCC(=O)Nc2ncc(Cl)cc2Cl)cc1. The lowest BCUT2D eigenvalue weighted by atomic mass is 10.1. The maximum Gasteiger partial charge on any atom is 0.338 e. The summed E-state index contributed by atoms with van der Waals surface area (Å²) in [5.74, 6) is 0.199. The third kappa shape index (κ3) is 7.07. The van der Waals surface area contributed by atoms with E-state index in [4.69, 9.17) is 32.7 Å². The number of hydrogen-bond acceptors (Lipinski definition) is 5. The zero-order chi connectivity index (χ0) is 19.8. The van der Waals surface area contributed by atoms with Gasteiger partial charge in [0, 0.05) is 6.20 Å². The molecule has 0 aliphatic carbocycles. The van der Waals surface area contributed by atoms with Crippen LogP contribution < -0.4 is 10.1 Å².